The minimum absolute atomic E-state index is 1.06. The van der Waals surface area contributed by atoms with Crippen LogP contribution in [0.15, 0.2) is 29.3 Å². The summed E-state index contributed by atoms with van der Waals surface area (Å²) in [7, 11) is 0. The number of benzene rings is 1. The molecule has 1 aliphatic rings. The summed E-state index contributed by atoms with van der Waals surface area (Å²) >= 11 is -1.11. The summed E-state index contributed by atoms with van der Waals surface area (Å²) in [5.74, 6) is 0. The maximum atomic E-state index is 5.82. The second-order valence-corrected chi connectivity index (χ2v) is 5.00. The Labute approximate surface area is 63.8 Å². The van der Waals surface area contributed by atoms with Gasteiger partial charge < -0.3 is 0 Å². The monoisotopic (exact) mass is 196 g/mol. The van der Waals surface area contributed by atoms with E-state index in [0.717, 1.165) is 5.69 Å². The van der Waals surface area contributed by atoms with Crippen LogP contribution in [0.3, 0.4) is 0 Å². The molecule has 1 atom stereocenters. The third kappa shape index (κ3) is 0.772. The quantitative estimate of drug-likeness (QED) is 0.535. The van der Waals surface area contributed by atoms with E-state index in [0.29, 0.717) is 0 Å². The molecular weight excluding hydrogens is 189 g/mol. The van der Waals surface area contributed by atoms with Gasteiger partial charge in [0.2, 0.25) is 0 Å². The summed E-state index contributed by atoms with van der Waals surface area (Å²) in [6.45, 7) is 0. The van der Waals surface area contributed by atoms with E-state index in [1.165, 1.54) is 4.46 Å². The van der Waals surface area contributed by atoms with Crippen molar-refractivity contribution in [3.8, 4) is 0 Å². The van der Waals surface area contributed by atoms with Crippen LogP contribution >= 0.6 is 0 Å². The fourth-order valence-corrected chi connectivity index (χ4v) is 2.90. The van der Waals surface area contributed by atoms with E-state index in [9.17, 15) is 0 Å². The number of rotatable bonds is 0. The van der Waals surface area contributed by atoms with Crippen molar-refractivity contribution in [1.82, 2.24) is 0 Å². The number of fused-ring (bicyclic) bond motifs is 1. The molecule has 0 N–H and O–H groups in total. The normalized spacial score (nSPS) is 21.0. The zero-order chi connectivity index (χ0) is 6.97. The number of para-hydroxylation sites is 1. The van der Waals surface area contributed by atoms with Gasteiger partial charge in [0.15, 0.2) is 0 Å². The zero-order valence-corrected chi connectivity index (χ0v) is 7.03. The van der Waals surface area contributed by atoms with Crippen LogP contribution in [-0.2, 0) is 0 Å². The van der Waals surface area contributed by atoms with E-state index in [1.807, 2.05) is 23.3 Å². The Morgan fingerprint density at radius 1 is 1.30 bits per heavy atom. The molecule has 0 aromatic heterocycles. The standard InChI is InChI=1S/C8H6NSe/c1-10-6-9-7-4-2-3-5-8(7)10/h1-6H. The van der Waals surface area contributed by atoms with Gasteiger partial charge in [0, 0.05) is 0 Å². The fraction of sp³-hybridized carbons (Fsp3) is 0. The topological polar surface area (TPSA) is 12.4 Å². The van der Waals surface area contributed by atoms with Gasteiger partial charge in [-0.15, -0.1) is 0 Å². The predicted molar refractivity (Wildman–Crippen MR) is 46.0 cm³/mol. The van der Waals surface area contributed by atoms with Crippen molar-refractivity contribution in [2.24, 2.45) is 4.99 Å². The van der Waals surface area contributed by atoms with Gasteiger partial charge in [-0.1, -0.05) is 0 Å². The third-order valence-corrected chi connectivity index (χ3v) is 3.91. The van der Waals surface area contributed by atoms with Crippen LogP contribution < -0.4 is 4.46 Å². The first-order chi connectivity index (χ1) is 4.88. The molecule has 0 saturated heterocycles. The van der Waals surface area contributed by atoms with Gasteiger partial charge in [-0.25, -0.2) is 0 Å². The summed E-state index contributed by atoms with van der Waals surface area (Å²) in [6.07, 6.45) is 0. The Bertz CT molecular complexity index is 315. The molecule has 0 amide bonds. The molecule has 0 saturated carbocycles. The maximum absolute atomic E-state index is 5.82. The van der Waals surface area contributed by atoms with Gasteiger partial charge in [0.1, 0.15) is 0 Å². The first-order valence-electron chi connectivity index (χ1n) is 2.98. The molecule has 1 unspecified atom stereocenters. The van der Waals surface area contributed by atoms with Gasteiger partial charge in [-0.3, -0.25) is 0 Å². The van der Waals surface area contributed by atoms with Crippen LogP contribution in [0.25, 0.3) is 0 Å². The molecule has 1 radical (unpaired) electrons. The summed E-state index contributed by atoms with van der Waals surface area (Å²) in [6, 6.07) is 8.06. The molecule has 1 aromatic rings. The second-order valence-electron chi connectivity index (χ2n) is 2.07. The molecule has 0 spiro atoms. The van der Waals surface area contributed by atoms with Crippen molar-refractivity contribution in [2.45, 2.75) is 0 Å². The van der Waals surface area contributed by atoms with Crippen molar-refractivity contribution < 1.29 is 0 Å². The van der Waals surface area contributed by atoms with Crippen LogP contribution in [0.2, 0.25) is 0 Å². The van der Waals surface area contributed by atoms with Crippen molar-refractivity contribution in [1.29, 1.82) is 0 Å². The van der Waals surface area contributed by atoms with Gasteiger partial charge in [-0.05, 0) is 0 Å². The predicted octanol–water partition coefficient (Wildman–Crippen LogP) is 0.534. The van der Waals surface area contributed by atoms with E-state index >= 15 is 0 Å². The van der Waals surface area contributed by atoms with E-state index in [2.05, 4.69) is 11.1 Å². The van der Waals surface area contributed by atoms with E-state index in [-0.39, 0.29) is 0 Å². The van der Waals surface area contributed by atoms with Crippen LogP contribution in [0.5, 0.6) is 0 Å². The molecule has 49 valence electrons. The van der Waals surface area contributed by atoms with Crippen molar-refractivity contribution >= 4 is 34.1 Å². The van der Waals surface area contributed by atoms with Crippen molar-refractivity contribution in [2.75, 3.05) is 0 Å². The molecule has 1 nitrogen and oxygen atoms in total. The van der Waals surface area contributed by atoms with E-state index in [4.69, 9.17) is 5.42 Å². The summed E-state index contributed by atoms with van der Waals surface area (Å²) in [5, 5.41) is 1.89. The Morgan fingerprint density at radius 3 is 2.90 bits per heavy atom. The third-order valence-electron chi connectivity index (χ3n) is 1.42. The van der Waals surface area contributed by atoms with Crippen LogP contribution in [-0.4, -0.2) is 24.0 Å². The molecule has 2 heteroatoms. The molecule has 1 heterocycles. The minimum atomic E-state index is -1.11. The molecular formula is C8H6NSe. The number of aliphatic imine (C=N–C) groups is 1. The first-order valence-corrected chi connectivity index (χ1v) is 5.82. The van der Waals surface area contributed by atoms with Crippen LogP contribution in [0.4, 0.5) is 5.69 Å². The number of hydrogen-bond donors (Lipinski definition) is 0. The second kappa shape index (κ2) is 2.15. The Morgan fingerprint density at radius 2 is 2.10 bits per heavy atom. The van der Waals surface area contributed by atoms with Gasteiger partial charge in [0.05, 0.1) is 0 Å². The molecule has 0 fully saturated rings. The molecule has 2 rings (SSSR count). The molecule has 0 aliphatic carbocycles. The van der Waals surface area contributed by atoms with Gasteiger partial charge in [0.25, 0.3) is 0 Å². The van der Waals surface area contributed by atoms with Crippen LogP contribution in [0.1, 0.15) is 0 Å². The average molecular weight is 195 g/mol. The Balaban J connectivity index is 2.70. The summed E-state index contributed by atoms with van der Waals surface area (Å²) in [5.41, 5.74) is 6.89. The number of hydrogen-bond acceptors (Lipinski definition) is 1. The first kappa shape index (κ1) is 6.02. The van der Waals surface area contributed by atoms with E-state index in [1.54, 1.807) is 0 Å². The summed E-state index contributed by atoms with van der Waals surface area (Å²) in [4.78, 5) is 4.19. The average Bonchev–Trinajstić information content (AvgIpc) is 2.34. The number of nitrogens with zero attached hydrogens (tertiary/aromatic N) is 1. The van der Waals surface area contributed by atoms with Crippen molar-refractivity contribution in [3.63, 3.8) is 0 Å². The zero-order valence-electron chi connectivity index (χ0n) is 5.32. The summed E-state index contributed by atoms with van der Waals surface area (Å²) < 4.78 is 1.25. The fourth-order valence-electron chi connectivity index (χ4n) is 0.933. The van der Waals surface area contributed by atoms with Crippen LogP contribution in [0, 0.1) is 0 Å². The van der Waals surface area contributed by atoms with Gasteiger partial charge >= 0.3 is 63.4 Å². The van der Waals surface area contributed by atoms with Crippen molar-refractivity contribution in [3.05, 3.63) is 24.3 Å². The Hall–Kier alpha value is -0.721. The molecule has 1 aliphatic heterocycles. The molecule has 10 heavy (non-hydrogen) atoms. The Kier molecular flexibility index (Phi) is 1.30. The molecule has 1 aromatic carbocycles. The molecule has 0 bridgehead atoms. The van der Waals surface area contributed by atoms with Gasteiger partial charge in [-0.2, -0.15) is 0 Å². The van der Waals surface area contributed by atoms with E-state index < -0.39 is 13.5 Å². The SMILES string of the molecule is [CH]=[Se]1C=Nc2ccccc21.